The molecule has 2 aromatic rings. The number of halogens is 4. The zero-order valence-electron chi connectivity index (χ0n) is 15.7. The van der Waals surface area contributed by atoms with E-state index in [1.54, 1.807) is 18.2 Å². The summed E-state index contributed by atoms with van der Waals surface area (Å²) in [5, 5.41) is 0. The SMILES string of the molecule is O=C1OC2(CCCc3ccccc32)C(=O)N1Cc1cccc(OCC(F)(F)F)c1Br. The Morgan fingerprint density at radius 3 is 2.67 bits per heavy atom. The molecule has 1 aliphatic carbocycles. The molecule has 2 aliphatic rings. The summed E-state index contributed by atoms with van der Waals surface area (Å²) in [5.41, 5.74) is 0.748. The highest BCUT2D eigenvalue weighted by atomic mass is 79.9. The fourth-order valence-electron chi connectivity index (χ4n) is 3.93. The number of ether oxygens (including phenoxy) is 2. The van der Waals surface area contributed by atoms with Crippen LogP contribution in [-0.4, -0.2) is 29.7 Å². The second-order valence-corrected chi connectivity index (χ2v) is 8.02. The van der Waals surface area contributed by atoms with E-state index in [-0.39, 0.29) is 16.8 Å². The van der Waals surface area contributed by atoms with Gasteiger partial charge in [0.25, 0.3) is 5.91 Å². The van der Waals surface area contributed by atoms with Crippen LogP contribution in [0.15, 0.2) is 46.9 Å². The third kappa shape index (κ3) is 3.66. The predicted molar refractivity (Wildman–Crippen MR) is 104 cm³/mol. The van der Waals surface area contributed by atoms with Gasteiger partial charge >= 0.3 is 12.3 Å². The highest BCUT2D eigenvalue weighted by Crippen LogP contribution is 2.44. The molecule has 0 bridgehead atoms. The topological polar surface area (TPSA) is 55.8 Å². The molecule has 1 atom stereocenters. The number of amides is 2. The number of benzene rings is 2. The Morgan fingerprint density at radius 2 is 1.90 bits per heavy atom. The summed E-state index contributed by atoms with van der Waals surface area (Å²) in [6.45, 7) is -1.59. The fourth-order valence-corrected chi connectivity index (χ4v) is 4.43. The molecule has 30 heavy (non-hydrogen) atoms. The zero-order valence-corrected chi connectivity index (χ0v) is 17.3. The second-order valence-electron chi connectivity index (χ2n) is 7.23. The largest absolute Gasteiger partial charge is 0.483 e. The molecule has 1 spiro atoms. The molecule has 1 heterocycles. The number of alkyl halides is 3. The minimum Gasteiger partial charge on any atom is -0.483 e. The van der Waals surface area contributed by atoms with Crippen molar-refractivity contribution in [3.63, 3.8) is 0 Å². The van der Waals surface area contributed by atoms with Gasteiger partial charge in [-0.25, -0.2) is 9.69 Å². The summed E-state index contributed by atoms with van der Waals surface area (Å²) >= 11 is 3.23. The van der Waals surface area contributed by atoms with Gasteiger partial charge in [-0.2, -0.15) is 13.2 Å². The fraction of sp³-hybridized carbons (Fsp3) is 0.333. The molecule has 2 amide bonds. The van der Waals surface area contributed by atoms with Crippen molar-refractivity contribution in [1.82, 2.24) is 4.90 Å². The number of carbonyl (C=O) groups excluding carboxylic acids is 2. The van der Waals surface area contributed by atoms with Crippen LogP contribution in [0.1, 0.15) is 29.5 Å². The summed E-state index contributed by atoms with van der Waals surface area (Å²) in [5.74, 6) is -0.490. The van der Waals surface area contributed by atoms with Gasteiger partial charge in [-0.15, -0.1) is 0 Å². The van der Waals surface area contributed by atoms with E-state index in [0.717, 1.165) is 16.9 Å². The summed E-state index contributed by atoms with van der Waals surface area (Å²) in [6, 6.07) is 11.9. The first kappa shape index (κ1) is 20.7. The first-order chi connectivity index (χ1) is 14.2. The number of hydrogen-bond acceptors (Lipinski definition) is 4. The lowest BCUT2D eigenvalue weighted by Crippen LogP contribution is -2.41. The molecule has 5 nitrogen and oxygen atoms in total. The molecule has 1 unspecified atom stereocenters. The van der Waals surface area contributed by atoms with Gasteiger partial charge < -0.3 is 9.47 Å². The maximum Gasteiger partial charge on any atom is 0.422 e. The van der Waals surface area contributed by atoms with Crippen LogP contribution in [-0.2, 0) is 28.1 Å². The first-order valence-electron chi connectivity index (χ1n) is 9.31. The maximum atomic E-state index is 13.3. The first-order valence-corrected chi connectivity index (χ1v) is 10.1. The Balaban J connectivity index is 1.60. The van der Waals surface area contributed by atoms with Crippen LogP contribution in [0.5, 0.6) is 5.75 Å². The molecule has 0 aromatic heterocycles. The molecular weight excluding hydrogens is 467 g/mol. The summed E-state index contributed by atoms with van der Waals surface area (Å²) in [6.07, 6.45) is -3.36. The highest BCUT2D eigenvalue weighted by Gasteiger charge is 2.56. The molecule has 2 aromatic carbocycles. The van der Waals surface area contributed by atoms with Gasteiger partial charge in [0, 0.05) is 12.0 Å². The van der Waals surface area contributed by atoms with Crippen molar-refractivity contribution >= 4 is 27.9 Å². The molecule has 0 N–H and O–H groups in total. The number of aryl methyl sites for hydroxylation is 1. The Labute approximate surface area is 178 Å². The average Bonchev–Trinajstić information content (AvgIpc) is 2.93. The number of imide groups is 1. The minimum atomic E-state index is -4.48. The van der Waals surface area contributed by atoms with E-state index in [0.29, 0.717) is 24.0 Å². The van der Waals surface area contributed by atoms with Gasteiger partial charge in [0.15, 0.2) is 6.61 Å². The number of carbonyl (C=O) groups is 2. The van der Waals surface area contributed by atoms with E-state index in [2.05, 4.69) is 15.9 Å². The number of rotatable bonds is 4. The third-order valence-corrected chi connectivity index (χ3v) is 6.16. The summed E-state index contributed by atoms with van der Waals surface area (Å²) in [7, 11) is 0. The Bertz CT molecular complexity index is 1010. The van der Waals surface area contributed by atoms with Crippen LogP contribution in [0.4, 0.5) is 18.0 Å². The number of nitrogens with zero attached hydrogens (tertiary/aromatic N) is 1. The van der Waals surface area contributed by atoms with Crippen molar-refractivity contribution < 1.29 is 32.2 Å². The lowest BCUT2D eigenvalue weighted by molar-refractivity contribution is -0.153. The minimum absolute atomic E-state index is 0.0254. The smallest absolute Gasteiger partial charge is 0.422 e. The standard InChI is InChI=1S/C21H17BrF3NO4/c22-17-14(6-3-9-16(17)29-12-21(23,24)25)11-26-18(27)20(30-19(26)28)10-4-7-13-5-1-2-8-15(13)20/h1-3,5-6,8-9H,4,7,10-12H2. The van der Waals surface area contributed by atoms with Crippen molar-refractivity contribution in [3.05, 3.63) is 63.6 Å². The highest BCUT2D eigenvalue weighted by molar-refractivity contribution is 9.10. The Kier molecular flexibility index (Phi) is 5.25. The van der Waals surface area contributed by atoms with E-state index in [9.17, 15) is 22.8 Å². The van der Waals surface area contributed by atoms with Crippen LogP contribution >= 0.6 is 15.9 Å². The summed E-state index contributed by atoms with van der Waals surface area (Å²) < 4.78 is 48.1. The van der Waals surface area contributed by atoms with Gasteiger partial charge in [0.2, 0.25) is 5.60 Å². The molecule has 158 valence electrons. The zero-order chi connectivity index (χ0) is 21.5. The van der Waals surface area contributed by atoms with Crippen molar-refractivity contribution in [2.75, 3.05) is 6.61 Å². The predicted octanol–water partition coefficient (Wildman–Crippen LogP) is 5.10. The molecule has 0 saturated carbocycles. The van der Waals surface area contributed by atoms with Crippen LogP contribution in [0.25, 0.3) is 0 Å². The molecule has 0 radical (unpaired) electrons. The third-order valence-electron chi connectivity index (χ3n) is 5.26. The summed E-state index contributed by atoms with van der Waals surface area (Å²) in [4.78, 5) is 26.9. The lowest BCUT2D eigenvalue weighted by atomic mass is 9.78. The van der Waals surface area contributed by atoms with Gasteiger partial charge in [0.05, 0.1) is 11.0 Å². The van der Waals surface area contributed by atoms with E-state index >= 15 is 0 Å². The Morgan fingerprint density at radius 1 is 1.13 bits per heavy atom. The van der Waals surface area contributed by atoms with Crippen molar-refractivity contribution in [1.29, 1.82) is 0 Å². The second kappa shape index (κ2) is 7.61. The monoisotopic (exact) mass is 483 g/mol. The van der Waals surface area contributed by atoms with Crippen molar-refractivity contribution in [2.24, 2.45) is 0 Å². The molecule has 9 heteroatoms. The van der Waals surface area contributed by atoms with E-state index in [1.165, 1.54) is 12.1 Å². The molecule has 1 aliphatic heterocycles. The molecule has 4 rings (SSSR count). The number of hydrogen-bond donors (Lipinski definition) is 0. The van der Waals surface area contributed by atoms with Gasteiger partial charge in [0.1, 0.15) is 5.75 Å². The maximum absolute atomic E-state index is 13.3. The molecule has 1 saturated heterocycles. The van der Waals surface area contributed by atoms with E-state index < -0.39 is 30.4 Å². The van der Waals surface area contributed by atoms with E-state index in [1.807, 2.05) is 12.1 Å². The average molecular weight is 484 g/mol. The Hall–Kier alpha value is -2.55. The molecule has 1 fully saturated rings. The lowest BCUT2D eigenvalue weighted by Gasteiger charge is -2.31. The van der Waals surface area contributed by atoms with E-state index in [4.69, 9.17) is 9.47 Å². The van der Waals surface area contributed by atoms with Crippen LogP contribution in [0, 0.1) is 0 Å². The van der Waals surface area contributed by atoms with Gasteiger partial charge in [-0.3, -0.25) is 4.79 Å². The van der Waals surface area contributed by atoms with Crippen LogP contribution < -0.4 is 4.74 Å². The molecular formula is C21H17BrF3NO4. The van der Waals surface area contributed by atoms with Crippen molar-refractivity contribution in [3.8, 4) is 5.75 Å². The quantitative estimate of drug-likeness (QED) is 0.606. The van der Waals surface area contributed by atoms with Crippen LogP contribution in [0.3, 0.4) is 0 Å². The van der Waals surface area contributed by atoms with Crippen LogP contribution in [0.2, 0.25) is 0 Å². The van der Waals surface area contributed by atoms with Gasteiger partial charge in [-0.05, 0) is 46.0 Å². The van der Waals surface area contributed by atoms with Gasteiger partial charge in [-0.1, -0.05) is 36.4 Å². The normalized spacial score (nSPS) is 21.0. The number of fused-ring (bicyclic) bond motifs is 2. The van der Waals surface area contributed by atoms with Crippen molar-refractivity contribution in [2.45, 2.75) is 37.6 Å².